The van der Waals surface area contributed by atoms with E-state index in [1.165, 1.54) is 12.5 Å². The molecule has 0 saturated carbocycles. The highest BCUT2D eigenvalue weighted by molar-refractivity contribution is 6.70. The topological polar surface area (TPSA) is 121 Å². The predicted octanol–water partition coefficient (Wildman–Crippen LogP) is -0.520. The van der Waals surface area contributed by atoms with Gasteiger partial charge in [-0.25, -0.2) is 20.0 Å². The third-order valence-corrected chi connectivity index (χ3v) is 3.04. The van der Waals surface area contributed by atoms with Crippen LogP contribution in [0.3, 0.4) is 0 Å². The van der Waals surface area contributed by atoms with Gasteiger partial charge in [0, 0.05) is 18.8 Å². The molecule has 1 aromatic heterocycles. The van der Waals surface area contributed by atoms with E-state index >= 15 is 0 Å². The molecule has 0 saturated heterocycles. The van der Waals surface area contributed by atoms with Crippen LogP contribution in [0.5, 0.6) is 0 Å². The van der Waals surface area contributed by atoms with Gasteiger partial charge in [0.25, 0.3) is 0 Å². The average Bonchev–Trinajstić information content (AvgIpc) is 2.87. The monoisotopic (exact) mass is 271 g/mol. The van der Waals surface area contributed by atoms with Gasteiger partial charge in [0.2, 0.25) is 0 Å². The number of fused-ring (bicyclic) bond motifs is 1. The summed E-state index contributed by atoms with van der Waals surface area (Å²) in [5, 5.41) is 9.29. The van der Waals surface area contributed by atoms with Crippen molar-refractivity contribution < 1.29 is 5.11 Å². The summed E-state index contributed by atoms with van der Waals surface area (Å²) in [6, 6.07) is 0. The van der Waals surface area contributed by atoms with Gasteiger partial charge in [-0.2, -0.15) is 0 Å². The lowest BCUT2D eigenvalue weighted by Crippen LogP contribution is -2.40. The second-order valence-corrected chi connectivity index (χ2v) is 4.66. The SMILES string of the molecule is CC1(Cc2nccnc2CO)N=C(N)C2=NC=NC2=N1. The molecule has 0 fully saturated rings. The Labute approximate surface area is 114 Å². The predicted molar refractivity (Wildman–Crippen MR) is 75.0 cm³/mol. The van der Waals surface area contributed by atoms with E-state index < -0.39 is 5.66 Å². The zero-order valence-electron chi connectivity index (χ0n) is 10.9. The fraction of sp³-hybridized carbons (Fsp3) is 0.333. The summed E-state index contributed by atoms with van der Waals surface area (Å²) in [7, 11) is 0. The van der Waals surface area contributed by atoms with Gasteiger partial charge < -0.3 is 10.8 Å². The van der Waals surface area contributed by atoms with E-state index in [-0.39, 0.29) is 6.61 Å². The minimum absolute atomic E-state index is 0.181. The highest BCUT2D eigenvalue weighted by Crippen LogP contribution is 2.24. The fourth-order valence-corrected chi connectivity index (χ4v) is 2.16. The maximum Gasteiger partial charge on any atom is 0.181 e. The zero-order chi connectivity index (χ0) is 14.2. The molecule has 3 rings (SSSR count). The maximum absolute atomic E-state index is 9.29. The van der Waals surface area contributed by atoms with Crippen LogP contribution in [0, 0.1) is 0 Å². The van der Waals surface area contributed by atoms with Crippen molar-refractivity contribution in [2.45, 2.75) is 25.6 Å². The minimum atomic E-state index is -0.819. The molecule has 2 aliphatic heterocycles. The molecule has 0 amide bonds. The Kier molecular flexibility index (Phi) is 2.87. The molecule has 1 unspecified atom stereocenters. The smallest absolute Gasteiger partial charge is 0.181 e. The maximum atomic E-state index is 9.29. The van der Waals surface area contributed by atoms with Crippen LogP contribution in [-0.2, 0) is 13.0 Å². The lowest BCUT2D eigenvalue weighted by Gasteiger charge is -2.25. The Morgan fingerprint density at radius 1 is 1.20 bits per heavy atom. The summed E-state index contributed by atoms with van der Waals surface area (Å²) in [6.07, 6.45) is 4.89. The molecule has 2 aliphatic rings. The second kappa shape index (κ2) is 4.57. The molecular formula is C12H13N7O. The summed E-state index contributed by atoms with van der Waals surface area (Å²) in [6.45, 7) is 1.65. The minimum Gasteiger partial charge on any atom is -0.390 e. The van der Waals surface area contributed by atoms with Crippen LogP contribution in [0.15, 0.2) is 32.4 Å². The average molecular weight is 271 g/mol. The summed E-state index contributed by atoms with van der Waals surface area (Å²) in [4.78, 5) is 25.2. The van der Waals surface area contributed by atoms with E-state index in [0.717, 1.165) is 0 Å². The molecule has 0 aromatic carbocycles. The lowest BCUT2D eigenvalue weighted by atomic mass is 10.0. The molecule has 8 nitrogen and oxygen atoms in total. The normalized spacial score (nSPS) is 24.0. The number of aliphatic hydroxyl groups excluding tert-OH is 1. The number of rotatable bonds is 3. The Morgan fingerprint density at radius 2 is 1.95 bits per heavy atom. The summed E-state index contributed by atoms with van der Waals surface area (Å²) >= 11 is 0. The zero-order valence-corrected chi connectivity index (χ0v) is 10.9. The number of nitrogens with zero attached hydrogens (tertiary/aromatic N) is 6. The standard InChI is InChI=1S/C12H13N7O/c1-12(4-7-8(5-20)15-3-2-14-7)18-10(13)9-11(19-12)17-6-16-9/h2-3,6,20H,4-5H2,1H3,(H2,13,18). The van der Waals surface area contributed by atoms with Crippen molar-refractivity contribution in [1.29, 1.82) is 0 Å². The van der Waals surface area contributed by atoms with Crippen LogP contribution in [-0.4, -0.2) is 44.5 Å². The molecule has 3 heterocycles. The second-order valence-electron chi connectivity index (χ2n) is 4.66. The Morgan fingerprint density at radius 3 is 2.70 bits per heavy atom. The molecule has 8 heteroatoms. The van der Waals surface area contributed by atoms with Gasteiger partial charge in [0.1, 0.15) is 6.34 Å². The molecule has 20 heavy (non-hydrogen) atoms. The van der Waals surface area contributed by atoms with Crippen LogP contribution in [0.1, 0.15) is 18.3 Å². The first-order valence-electron chi connectivity index (χ1n) is 6.07. The van der Waals surface area contributed by atoms with E-state index in [1.807, 2.05) is 6.92 Å². The van der Waals surface area contributed by atoms with Crippen molar-refractivity contribution in [2.75, 3.05) is 0 Å². The number of aliphatic hydroxyl groups is 1. The summed E-state index contributed by atoms with van der Waals surface area (Å²) in [5.74, 6) is 0.791. The molecule has 1 aromatic rings. The van der Waals surface area contributed by atoms with E-state index in [2.05, 4.69) is 29.9 Å². The molecule has 0 aliphatic carbocycles. The summed E-state index contributed by atoms with van der Waals surface area (Å²) < 4.78 is 0. The number of nitrogens with two attached hydrogens (primary N) is 1. The number of aromatic nitrogens is 2. The molecular weight excluding hydrogens is 258 g/mol. The van der Waals surface area contributed by atoms with Crippen molar-refractivity contribution in [3.63, 3.8) is 0 Å². The van der Waals surface area contributed by atoms with Crippen LogP contribution in [0.25, 0.3) is 0 Å². The van der Waals surface area contributed by atoms with E-state index in [9.17, 15) is 5.11 Å². The van der Waals surface area contributed by atoms with Gasteiger partial charge >= 0.3 is 0 Å². The van der Waals surface area contributed by atoms with Crippen molar-refractivity contribution in [1.82, 2.24) is 9.97 Å². The van der Waals surface area contributed by atoms with E-state index in [0.29, 0.717) is 35.2 Å². The first-order valence-corrected chi connectivity index (χ1v) is 6.07. The molecule has 3 N–H and O–H groups in total. The van der Waals surface area contributed by atoms with Crippen molar-refractivity contribution in [3.05, 3.63) is 23.8 Å². The molecule has 1 atom stereocenters. The highest BCUT2D eigenvalue weighted by atomic mass is 16.3. The Hall–Kier alpha value is -2.48. The number of amidine groups is 2. The molecule has 0 bridgehead atoms. The number of hydrogen-bond acceptors (Lipinski definition) is 8. The molecule has 0 radical (unpaired) electrons. The van der Waals surface area contributed by atoms with Gasteiger partial charge in [-0.1, -0.05) is 0 Å². The van der Waals surface area contributed by atoms with Crippen molar-refractivity contribution in [3.8, 4) is 0 Å². The quantitative estimate of drug-likeness (QED) is 0.768. The van der Waals surface area contributed by atoms with Crippen molar-refractivity contribution in [2.24, 2.45) is 25.7 Å². The number of aliphatic imine (C=N–C) groups is 4. The number of hydrogen-bond donors (Lipinski definition) is 2. The Balaban J connectivity index is 1.96. The van der Waals surface area contributed by atoms with Gasteiger partial charge in [0.15, 0.2) is 23.0 Å². The van der Waals surface area contributed by atoms with Crippen LogP contribution >= 0.6 is 0 Å². The van der Waals surface area contributed by atoms with Gasteiger partial charge in [0.05, 0.1) is 18.0 Å². The van der Waals surface area contributed by atoms with Crippen LogP contribution in [0.4, 0.5) is 0 Å². The van der Waals surface area contributed by atoms with Gasteiger partial charge in [-0.3, -0.25) is 9.97 Å². The fourth-order valence-electron chi connectivity index (χ4n) is 2.16. The van der Waals surface area contributed by atoms with E-state index in [4.69, 9.17) is 5.73 Å². The largest absolute Gasteiger partial charge is 0.390 e. The summed E-state index contributed by atoms with van der Waals surface area (Å²) in [5.41, 5.74) is 6.73. The van der Waals surface area contributed by atoms with Gasteiger partial charge in [-0.15, -0.1) is 0 Å². The highest BCUT2D eigenvalue weighted by Gasteiger charge is 2.33. The van der Waals surface area contributed by atoms with Crippen LogP contribution < -0.4 is 5.73 Å². The third-order valence-electron chi connectivity index (χ3n) is 3.04. The third kappa shape index (κ3) is 2.10. The first kappa shape index (κ1) is 12.5. The molecule has 0 spiro atoms. The van der Waals surface area contributed by atoms with Crippen LogP contribution in [0.2, 0.25) is 0 Å². The Bertz CT molecular complexity index is 676. The molecule has 102 valence electrons. The lowest BCUT2D eigenvalue weighted by molar-refractivity contribution is 0.273. The van der Waals surface area contributed by atoms with Gasteiger partial charge in [-0.05, 0) is 6.92 Å². The van der Waals surface area contributed by atoms with Crippen molar-refractivity contribution >= 4 is 23.7 Å². The first-order chi connectivity index (χ1) is 9.61. The van der Waals surface area contributed by atoms with E-state index in [1.54, 1.807) is 6.20 Å².